The summed E-state index contributed by atoms with van der Waals surface area (Å²) in [6, 6.07) is 6.85. The largest absolute Gasteiger partial charge is 0.507 e. The van der Waals surface area contributed by atoms with Gasteiger partial charge in [0.15, 0.2) is 6.61 Å². The number of hydrogen-bond donors (Lipinski definition) is 3. The third-order valence-electron chi connectivity index (χ3n) is 3.05. The molecule has 2 aromatic rings. The molecule has 0 saturated heterocycles. The summed E-state index contributed by atoms with van der Waals surface area (Å²) in [5.74, 6) is -1.86. The lowest BCUT2D eigenvalue weighted by molar-refractivity contribution is -0.118. The molecule has 6 nitrogen and oxygen atoms in total. The highest BCUT2D eigenvalue weighted by molar-refractivity contribution is 6.35. The van der Waals surface area contributed by atoms with Crippen molar-refractivity contribution in [1.29, 1.82) is 0 Å². The molecule has 0 fully saturated rings. The molecule has 0 bridgehead atoms. The van der Waals surface area contributed by atoms with Gasteiger partial charge in [0.2, 0.25) is 0 Å². The maximum absolute atomic E-state index is 11.9. The smallest absolute Gasteiger partial charge is 0.339 e. The quantitative estimate of drug-likeness (QED) is 0.746. The van der Waals surface area contributed by atoms with E-state index in [1.54, 1.807) is 13.0 Å². The molecule has 2 rings (SSSR count). The average molecular weight is 370 g/mol. The van der Waals surface area contributed by atoms with Gasteiger partial charge in [0.05, 0.1) is 5.02 Å². The van der Waals surface area contributed by atoms with Gasteiger partial charge in [-0.1, -0.05) is 23.2 Å². The van der Waals surface area contributed by atoms with E-state index in [1.807, 2.05) is 0 Å². The number of phenols is 1. The Morgan fingerprint density at radius 3 is 2.50 bits per heavy atom. The number of halogens is 2. The van der Waals surface area contributed by atoms with Crippen LogP contribution in [0.2, 0.25) is 10.0 Å². The minimum Gasteiger partial charge on any atom is -0.507 e. The molecule has 0 aliphatic carbocycles. The summed E-state index contributed by atoms with van der Waals surface area (Å²) in [6.45, 7) is 1.43. The van der Waals surface area contributed by atoms with Gasteiger partial charge in [-0.3, -0.25) is 4.79 Å². The van der Waals surface area contributed by atoms with Crippen molar-refractivity contribution in [2.45, 2.75) is 6.92 Å². The first-order valence-electron chi connectivity index (χ1n) is 6.72. The number of aryl methyl sites for hydroxylation is 1. The van der Waals surface area contributed by atoms with Gasteiger partial charge < -0.3 is 20.3 Å². The predicted molar refractivity (Wildman–Crippen MR) is 90.4 cm³/mol. The number of ether oxygens (including phenoxy) is 1. The molecule has 0 unspecified atom stereocenters. The number of carbonyl (C=O) groups excluding carboxylic acids is 1. The van der Waals surface area contributed by atoms with E-state index in [4.69, 9.17) is 33.0 Å². The van der Waals surface area contributed by atoms with Crippen molar-refractivity contribution in [2.75, 3.05) is 11.9 Å². The van der Waals surface area contributed by atoms with Gasteiger partial charge in [-0.2, -0.15) is 0 Å². The van der Waals surface area contributed by atoms with Crippen molar-refractivity contribution in [3.8, 4) is 11.5 Å². The Balaban J connectivity index is 2.02. The van der Waals surface area contributed by atoms with Gasteiger partial charge in [0.25, 0.3) is 5.91 Å². The first kappa shape index (κ1) is 17.9. The second-order valence-corrected chi connectivity index (χ2v) is 5.75. The number of rotatable bonds is 5. The van der Waals surface area contributed by atoms with E-state index in [0.29, 0.717) is 16.3 Å². The number of anilines is 1. The van der Waals surface area contributed by atoms with Crippen LogP contribution >= 0.6 is 23.2 Å². The molecule has 0 aliphatic rings. The summed E-state index contributed by atoms with van der Waals surface area (Å²) in [6.07, 6.45) is 0. The molecule has 0 spiro atoms. The first-order chi connectivity index (χ1) is 11.3. The van der Waals surface area contributed by atoms with E-state index < -0.39 is 17.6 Å². The predicted octanol–water partition coefficient (Wildman–Crippen LogP) is 3.72. The zero-order chi connectivity index (χ0) is 17.9. The van der Waals surface area contributed by atoms with Crippen LogP contribution in [-0.2, 0) is 4.79 Å². The van der Waals surface area contributed by atoms with Crippen molar-refractivity contribution in [2.24, 2.45) is 0 Å². The maximum atomic E-state index is 11.9. The van der Waals surface area contributed by atoms with Crippen LogP contribution in [0.15, 0.2) is 30.3 Å². The number of aromatic hydroxyl groups is 1. The summed E-state index contributed by atoms with van der Waals surface area (Å²) in [5.41, 5.74) is 0.668. The molecule has 8 heteroatoms. The van der Waals surface area contributed by atoms with Crippen molar-refractivity contribution < 1.29 is 24.5 Å². The Morgan fingerprint density at radius 1 is 1.21 bits per heavy atom. The molecule has 0 aromatic heterocycles. The third-order valence-corrected chi connectivity index (χ3v) is 3.55. The maximum Gasteiger partial charge on any atom is 0.339 e. The molecular formula is C16H13Cl2NO5. The molecule has 1 amide bonds. The number of aromatic carboxylic acids is 1. The topological polar surface area (TPSA) is 95.9 Å². The zero-order valence-corrected chi connectivity index (χ0v) is 14.0. The Labute approximate surface area is 147 Å². The molecule has 126 valence electrons. The number of carboxylic acids is 1. The highest BCUT2D eigenvalue weighted by Crippen LogP contribution is 2.31. The molecule has 0 saturated carbocycles. The van der Waals surface area contributed by atoms with Crippen molar-refractivity contribution in [3.05, 3.63) is 51.5 Å². The molecule has 0 radical (unpaired) electrons. The summed E-state index contributed by atoms with van der Waals surface area (Å²) < 4.78 is 5.39. The van der Waals surface area contributed by atoms with Crippen LogP contribution in [0.5, 0.6) is 11.5 Å². The highest BCUT2D eigenvalue weighted by Gasteiger charge is 2.13. The van der Waals surface area contributed by atoms with Crippen LogP contribution < -0.4 is 10.1 Å². The normalized spacial score (nSPS) is 10.3. The number of amides is 1. The number of carbonyl (C=O) groups is 2. The molecule has 24 heavy (non-hydrogen) atoms. The van der Waals surface area contributed by atoms with E-state index in [1.165, 1.54) is 18.2 Å². The number of carboxylic acid groups (broad SMARTS) is 1. The van der Waals surface area contributed by atoms with Crippen molar-refractivity contribution in [3.63, 3.8) is 0 Å². The van der Waals surface area contributed by atoms with E-state index in [9.17, 15) is 14.7 Å². The van der Waals surface area contributed by atoms with Crippen LogP contribution in [0, 0.1) is 6.92 Å². The molecule has 3 N–H and O–H groups in total. The summed E-state index contributed by atoms with van der Waals surface area (Å²) in [5, 5.41) is 21.7. The molecule has 0 aliphatic heterocycles. The fourth-order valence-corrected chi connectivity index (χ4v) is 2.65. The van der Waals surface area contributed by atoms with Crippen LogP contribution in [0.25, 0.3) is 0 Å². The van der Waals surface area contributed by atoms with E-state index in [2.05, 4.69) is 5.32 Å². The summed E-state index contributed by atoms with van der Waals surface area (Å²) in [4.78, 5) is 22.7. The Bertz CT molecular complexity index is 784. The van der Waals surface area contributed by atoms with E-state index in [0.717, 1.165) is 6.07 Å². The lowest BCUT2D eigenvalue weighted by atomic mass is 10.2. The number of benzene rings is 2. The lowest BCUT2D eigenvalue weighted by Gasteiger charge is -2.12. The summed E-state index contributed by atoms with van der Waals surface area (Å²) in [7, 11) is 0. The lowest BCUT2D eigenvalue weighted by Crippen LogP contribution is -2.20. The SMILES string of the molecule is Cc1cc(Cl)cc(Cl)c1OCC(=O)Nc1ccc(C(=O)O)c(O)c1. The molecule has 0 atom stereocenters. The van der Waals surface area contributed by atoms with E-state index >= 15 is 0 Å². The minimum absolute atomic E-state index is 0.241. The van der Waals surface area contributed by atoms with Crippen molar-refractivity contribution >= 4 is 40.8 Å². The second kappa shape index (κ2) is 7.42. The first-order valence-corrected chi connectivity index (χ1v) is 7.48. The van der Waals surface area contributed by atoms with Gasteiger partial charge in [-0.15, -0.1) is 0 Å². The van der Waals surface area contributed by atoms with Crippen molar-refractivity contribution in [1.82, 2.24) is 0 Å². The van der Waals surface area contributed by atoms with Gasteiger partial charge in [0, 0.05) is 16.8 Å². The van der Waals surface area contributed by atoms with Crippen LogP contribution in [0.1, 0.15) is 15.9 Å². The van der Waals surface area contributed by atoms with Gasteiger partial charge in [-0.05, 0) is 36.8 Å². The second-order valence-electron chi connectivity index (χ2n) is 4.91. The third kappa shape index (κ3) is 4.31. The monoisotopic (exact) mass is 369 g/mol. The minimum atomic E-state index is -1.26. The fourth-order valence-electron chi connectivity index (χ4n) is 2.00. The highest BCUT2D eigenvalue weighted by atomic mass is 35.5. The standard InChI is InChI=1S/C16H13Cl2NO5/c1-8-4-9(17)5-12(18)15(8)24-7-14(21)19-10-2-3-11(16(22)23)13(20)6-10/h2-6,20H,7H2,1H3,(H,19,21)(H,22,23). The molecule has 0 heterocycles. The zero-order valence-electron chi connectivity index (χ0n) is 12.5. The Morgan fingerprint density at radius 2 is 1.92 bits per heavy atom. The van der Waals surface area contributed by atoms with Gasteiger partial charge in [0.1, 0.15) is 17.1 Å². The fraction of sp³-hybridized carbons (Fsp3) is 0.125. The van der Waals surface area contributed by atoms with Crippen LogP contribution in [0.4, 0.5) is 5.69 Å². The average Bonchev–Trinajstić information content (AvgIpc) is 2.45. The summed E-state index contributed by atoms with van der Waals surface area (Å²) >= 11 is 11.9. The van der Waals surface area contributed by atoms with E-state index in [-0.39, 0.29) is 22.9 Å². The number of hydrogen-bond acceptors (Lipinski definition) is 4. The molecular weight excluding hydrogens is 357 g/mol. The Hall–Kier alpha value is -2.44. The number of nitrogens with one attached hydrogen (secondary N) is 1. The van der Waals surface area contributed by atoms with Crippen LogP contribution in [-0.4, -0.2) is 28.7 Å². The Kier molecular flexibility index (Phi) is 5.54. The van der Waals surface area contributed by atoms with Gasteiger partial charge >= 0.3 is 5.97 Å². The van der Waals surface area contributed by atoms with Crippen LogP contribution in [0.3, 0.4) is 0 Å². The van der Waals surface area contributed by atoms with Gasteiger partial charge in [-0.25, -0.2) is 4.79 Å². The molecule has 2 aromatic carbocycles.